The smallest absolute Gasteiger partial charge is 0.454 e. The van der Waals surface area contributed by atoms with Crippen molar-refractivity contribution in [2.24, 2.45) is 0 Å². The van der Waals surface area contributed by atoms with Crippen LogP contribution >= 0.6 is 0 Å². The highest BCUT2D eigenvalue weighted by Gasteiger charge is 2.28. The molecule has 1 unspecified atom stereocenters. The minimum absolute atomic E-state index is 0.0766. The van der Waals surface area contributed by atoms with Gasteiger partial charge in [-0.1, -0.05) is 6.07 Å². The van der Waals surface area contributed by atoms with Crippen molar-refractivity contribution in [1.82, 2.24) is 0 Å². The highest BCUT2D eigenvalue weighted by atomic mass is 16.7. The van der Waals surface area contributed by atoms with Crippen LogP contribution in [0.2, 0.25) is 0 Å². The summed E-state index contributed by atoms with van der Waals surface area (Å²) in [6.45, 7) is 1.71. The standard InChI is InChI=1S/C10H13BO5/c1-6(12)4-7-2-3-8-10(16-5-15-8)9(7)11(13)14/h2-3,6,12-14H,4-5H2,1H3. The second kappa shape index (κ2) is 4.33. The second-order valence-electron chi connectivity index (χ2n) is 3.80. The van der Waals surface area contributed by atoms with Gasteiger partial charge in [-0.15, -0.1) is 0 Å². The molecule has 0 saturated carbocycles. The second-order valence-corrected chi connectivity index (χ2v) is 3.80. The Balaban J connectivity index is 2.45. The zero-order valence-electron chi connectivity index (χ0n) is 8.88. The number of benzene rings is 1. The molecule has 3 N–H and O–H groups in total. The predicted molar refractivity (Wildman–Crippen MR) is 57.8 cm³/mol. The zero-order valence-corrected chi connectivity index (χ0v) is 8.88. The van der Waals surface area contributed by atoms with Crippen molar-refractivity contribution >= 4 is 12.6 Å². The Labute approximate surface area is 93.4 Å². The van der Waals surface area contributed by atoms with E-state index in [0.717, 1.165) is 0 Å². The number of aliphatic hydroxyl groups is 1. The maximum absolute atomic E-state index is 9.33. The maximum Gasteiger partial charge on any atom is 0.492 e. The van der Waals surface area contributed by atoms with Crippen LogP contribution in [0, 0.1) is 0 Å². The van der Waals surface area contributed by atoms with Crippen molar-refractivity contribution in [3.63, 3.8) is 0 Å². The van der Waals surface area contributed by atoms with E-state index in [-0.39, 0.29) is 12.3 Å². The molecule has 6 heteroatoms. The van der Waals surface area contributed by atoms with Crippen LogP contribution in [0.1, 0.15) is 12.5 Å². The van der Waals surface area contributed by atoms with Crippen molar-refractivity contribution in [3.05, 3.63) is 17.7 Å². The molecule has 1 atom stereocenters. The monoisotopic (exact) mass is 224 g/mol. The van der Waals surface area contributed by atoms with Crippen molar-refractivity contribution in [2.45, 2.75) is 19.4 Å². The first-order chi connectivity index (χ1) is 7.59. The molecule has 1 aromatic carbocycles. The molecule has 0 radical (unpaired) electrons. The Morgan fingerprint density at radius 3 is 2.75 bits per heavy atom. The molecule has 16 heavy (non-hydrogen) atoms. The third kappa shape index (κ3) is 1.99. The highest BCUT2D eigenvalue weighted by molar-refractivity contribution is 6.60. The molecule has 0 amide bonds. The van der Waals surface area contributed by atoms with Gasteiger partial charge in [0.1, 0.15) is 0 Å². The Bertz CT molecular complexity index is 391. The molecule has 0 bridgehead atoms. The van der Waals surface area contributed by atoms with Gasteiger partial charge in [0.15, 0.2) is 11.5 Å². The van der Waals surface area contributed by atoms with Crippen LogP contribution in [0.3, 0.4) is 0 Å². The molecule has 0 aliphatic carbocycles. The number of fused-ring (bicyclic) bond motifs is 1. The lowest BCUT2D eigenvalue weighted by molar-refractivity contribution is 0.174. The molecule has 0 saturated heterocycles. The van der Waals surface area contributed by atoms with Gasteiger partial charge in [0.05, 0.1) is 6.10 Å². The lowest BCUT2D eigenvalue weighted by Crippen LogP contribution is -2.35. The summed E-state index contributed by atoms with van der Waals surface area (Å²) >= 11 is 0. The molecule has 1 aromatic rings. The van der Waals surface area contributed by atoms with E-state index in [9.17, 15) is 15.2 Å². The predicted octanol–water partition coefficient (Wildman–Crippen LogP) is -0.982. The fourth-order valence-corrected chi connectivity index (χ4v) is 1.81. The number of hydrogen-bond acceptors (Lipinski definition) is 5. The van der Waals surface area contributed by atoms with Gasteiger partial charge in [0.2, 0.25) is 6.79 Å². The summed E-state index contributed by atoms with van der Waals surface area (Å²) in [7, 11) is -1.63. The van der Waals surface area contributed by atoms with Gasteiger partial charge in [0, 0.05) is 5.46 Å². The lowest BCUT2D eigenvalue weighted by atomic mass is 9.75. The minimum atomic E-state index is -1.63. The van der Waals surface area contributed by atoms with Crippen LogP contribution in [0.5, 0.6) is 11.5 Å². The molecular formula is C10H13BO5. The summed E-state index contributed by atoms with van der Waals surface area (Å²) in [5, 5.41) is 28.0. The van der Waals surface area contributed by atoms with Gasteiger partial charge >= 0.3 is 7.12 Å². The van der Waals surface area contributed by atoms with Gasteiger partial charge in [-0.25, -0.2) is 0 Å². The van der Waals surface area contributed by atoms with Gasteiger partial charge in [-0.2, -0.15) is 0 Å². The molecule has 5 nitrogen and oxygen atoms in total. The highest BCUT2D eigenvalue weighted by Crippen LogP contribution is 2.31. The van der Waals surface area contributed by atoms with E-state index in [1.165, 1.54) is 0 Å². The van der Waals surface area contributed by atoms with Crippen LogP contribution in [0.15, 0.2) is 12.1 Å². The molecule has 0 aromatic heterocycles. The van der Waals surface area contributed by atoms with Gasteiger partial charge < -0.3 is 24.6 Å². The zero-order chi connectivity index (χ0) is 11.7. The van der Waals surface area contributed by atoms with Crippen LogP contribution in [-0.2, 0) is 6.42 Å². The van der Waals surface area contributed by atoms with E-state index in [1.807, 2.05) is 0 Å². The molecular weight excluding hydrogens is 211 g/mol. The Kier molecular flexibility index (Phi) is 3.04. The van der Waals surface area contributed by atoms with Crippen LogP contribution < -0.4 is 14.9 Å². The van der Waals surface area contributed by atoms with Crippen molar-refractivity contribution in [3.8, 4) is 11.5 Å². The fourth-order valence-electron chi connectivity index (χ4n) is 1.81. The Hall–Kier alpha value is -1.24. The molecule has 86 valence electrons. The Morgan fingerprint density at radius 1 is 1.38 bits per heavy atom. The maximum atomic E-state index is 9.33. The van der Waals surface area contributed by atoms with Crippen LogP contribution in [0.4, 0.5) is 0 Å². The molecule has 1 heterocycles. The van der Waals surface area contributed by atoms with Crippen molar-refractivity contribution in [2.75, 3.05) is 6.79 Å². The average molecular weight is 224 g/mol. The molecule has 0 fully saturated rings. The number of aliphatic hydroxyl groups excluding tert-OH is 1. The molecule has 1 aliphatic rings. The van der Waals surface area contributed by atoms with Crippen LogP contribution in [-0.4, -0.2) is 35.2 Å². The van der Waals surface area contributed by atoms with E-state index in [4.69, 9.17) is 9.47 Å². The van der Waals surface area contributed by atoms with E-state index < -0.39 is 13.2 Å². The van der Waals surface area contributed by atoms with Gasteiger partial charge in [0.25, 0.3) is 0 Å². The van der Waals surface area contributed by atoms with Crippen LogP contribution in [0.25, 0.3) is 0 Å². The average Bonchev–Trinajstić information content (AvgIpc) is 2.63. The third-order valence-corrected chi connectivity index (χ3v) is 2.44. The summed E-state index contributed by atoms with van der Waals surface area (Å²) in [4.78, 5) is 0. The topological polar surface area (TPSA) is 79.2 Å². The fraction of sp³-hybridized carbons (Fsp3) is 0.400. The number of rotatable bonds is 3. The van der Waals surface area contributed by atoms with Crippen molar-refractivity contribution in [1.29, 1.82) is 0 Å². The molecule has 0 spiro atoms. The van der Waals surface area contributed by atoms with Gasteiger partial charge in [-0.05, 0) is 25.0 Å². The summed E-state index contributed by atoms with van der Waals surface area (Å²) in [5.74, 6) is 0.852. The first kappa shape index (κ1) is 11.3. The summed E-state index contributed by atoms with van der Waals surface area (Å²) < 4.78 is 10.3. The largest absolute Gasteiger partial charge is 0.492 e. The van der Waals surface area contributed by atoms with Crippen molar-refractivity contribution < 1.29 is 24.6 Å². The summed E-state index contributed by atoms with van der Waals surface area (Å²) in [6.07, 6.45) is -0.221. The molecule has 1 aliphatic heterocycles. The summed E-state index contributed by atoms with van der Waals surface area (Å²) in [6, 6.07) is 3.40. The minimum Gasteiger partial charge on any atom is -0.454 e. The first-order valence-electron chi connectivity index (χ1n) is 5.05. The summed E-state index contributed by atoms with van der Waals surface area (Å²) in [5.41, 5.74) is 0.921. The van der Waals surface area contributed by atoms with E-state index in [1.54, 1.807) is 19.1 Å². The quantitative estimate of drug-likeness (QED) is 0.575. The normalized spacial score (nSPS) is 15.0. The van der Waals surface area contributed by atoms with E-state index in [0.29, 0.717) is 23.5 Å². The van der Waals surface area contributed by atoms with Gasteiger partial charge in [-0.3, -0.25) is 0 Å². The van der Waals surface area contributed by atoms with E-state index in [2.05, 4.69) is 0 Å². The van der Waals surface area contributed by atoms with E-state index >= 15 is 0 Å². The molecule has 2 rings (SSSR count). The first-order valence-corrected chi connectivity index (χ1v) is 5.05. The number of ether oxygens (including phenoxy) is 2. The third-order valence-electron chi connectivity index (χ3n) is 2.44. The lowest BCUT2D eigenvalue weighted by Gasteiger charge is -2.12. The SMILES string of the molecule is CC(O)Cc1ccc2c(c1B(O)O)OCO2. The Morgan fingerprint density at radius 2 is 2.12 bits per heavy atom. The number of hydrogen-bond donors (Lipinski definition) is 3.